The molecule has 4 amide bonds. The molecule has 2 N–H and O–H groups in total. The molecule has 1 fully saturated rings. The Balaban J connectivity index is 1.72. The van der Waals surface area contributed by atoms with E-state index in [9.17, 15) is 14.4 Å². The van der Waals surface area contributed by atoms with Crippen LogP contribution in [0, 0.1) is 5.92 Å². The van der Waals surface area contributed by atoms with Gasteiger partial charge in [-0.05, 0) is 36.8 Å². The van der Waals surface area contributed by atoms with Gasteiger partial charge in [0.1, 0.15) is 12.1 Å². The molecule has 134 valence electrons. The van der Waals surface area contributed by atoms with E-state index in [2.05, 4.69) is 16.7 Å². The Bertz CT molecular complexity index is 716. The monoisotopic (exact) mass is 343 g/mol. The van der Waals surface area contributed by atoms with Gasteiger partial charge in [0.25, 0.3) is 5.91 Å². The van der Waals surface area contributed by atoms with Crippen molar-refractivity contribution in [3.8, 4) is 0 Å². The SMILES string of the molecule is CC(C)[C@@H](C)NC(=O)CN1C(=O)N[C@]2(CCc3ccccc3C2)C1=O. The number of nitrogens with zero attached hydrogens (tertiary/aromatic N) is 1. The molecule has 25 heavy (non-hydrogen) atoms. The Labute approximate surface area is 148 Å². The predicted molar refractivity (Wildman–Crippen MR) is 93.9 cm³/mol. The minimum absolute atomic E-state index is 0.0104. The molecule has 0 unspecified atom stereocenters. The van der Waals surface area contributed by atoms with Crippen LogP contribution in [0.2, 0.25) is 0 Å². The summed E-state index contributed by atoms with van der Waals surface area (Å²) in [5.74, 6) is -0.314. The van der Waals surface area contributed by atoms with Crippen molar-refractivity contribution < 1.29 is 14.4 Å². The zero-order valence-corrected chi connectivity index (χ0v) is 15.0. The molecule has 1 spiro atoms. The van der Waals surface area contributed by atoms with E-state index in [1.54, 1.807) is 0 Å². The highest BCUT2D eigenvalue weighted by molar-refractivity contribution is 6.09. The van der Waals surface area contributed by atoms with Gasteiger partial charge in [-0.25, -0.2) is 4.79 Å². The van der Waals surface area contributed by atoms with Crippen LogP contribution in [0.5, 0.6) is 0 Å². The summed E-state index contributed by atoms with van der Waals surface area (Å²) >= 11 is 0. The van der Waals surface area contributed by atoms with Crippen molar-refractivity contribution in [3.05, 3.63) is 35.4 Å². The third-order valence-electron chi connectivity index (χ3n) is 5.37. The predicted octanol–water partition coefficient (Wildman–Crippen LogP) is 1.63. The Morgan fingerprint density at radius 3 is 2.60 bits per heavy atom. The van der Waals surface area contributed by atoms with Gasteiger partial charge in [0.05, 0.1) is 0 Å². The van der Waals surface area contributed by atoms with E-state index >= 15 is 0 Å². The molecule has 0 radical (unpaired) electrons. The first-order valence-corrected chi connectivity index (χ1v) is 8.82. The van der Waals surface area contributed by atoms with Gasteiger partial charge < -0.3 is 10.6 Å². The molecule has 1 saturated heterocycles. The molecule has 3 rings (SSSR count). The van der Waals surface area contributed by atoms with Crippen molar-refractivity contribution in [3.63, 3.8) is 0 Å². The summed E-state index contributed by atoms with van der Waals surface area (Å²) in [5.41, 5.74) is 1.40. The van der Waals surface area contributed by atoms with Crippen molar-refractivity contribution in [2.24, 2.45) is 5.92 Å². The lowest BCUT2D eigenvalue weighted by molar-refractivity contribution is -0.135. The zero-order chi connectivity index (χ0) is 18.2. The fraction of sp³-hybridized carbons (Fsp3) is 0.526. The summed E-state index contributed by atoms with van der Waals surface area (Å²) < 4.78 is 0. The van der Waals surface area contributed by atoms with Crippen LogP contribution in [0.15, 0.2) is 24.3 Å². The normalized spacial score (nSPS) is 23.6. The van der Waals surface area contributed by atoms with Crippen LogP contribution in [0.1, 0.15) is 38.3 Å². The van der Waals surface area contributed by atoms with Gasteiger partial charge in [0.2, 0.25) is 5.91 Å². The molecule has 2 atom stereocenters. The van der Waals surface area contributed by atoms with Crippen LogP contribution >= 0.6 is 0 Å². The Morgan fingerprint density at radius 1 is 1.24 bits per heavy atom. The number of carbonyl (C=O) groups excluding carboxylic acids is 3. The summed E-state index contributed by atoms with van der Waals surface area (Å²) in [6.45, 7) is 5.69. The minimum Gasteiger partial charge on any atom is -0.352 e. The van der Waals surface area contributed by atoms with E-state index in [-0.39, 0.29) is 30.3 Å². The molecule has 1 aromatic carbocycles. The zero-order valence-electron chi connectivity index (χ0n) is 15.0. The molecule has 0 bridgehead atoms. The van der Waals surface area contributed by atoms with E-state index in [1.807, 2.05) is 39.0 Å². The maximum Gasteiger partial charge on any atom is 0.325 e. The lowest BCUT2D eigenvalue weighted by Crippen LogP contribution is -2.51. The minimum atomic E-state index is -0.907. The third-order valence-corrected chi connectivity index (χ3v) is 5.37. The molecule has 1 heterocycles. The number of imide groups is 1. The number of aryl methyl sites for hydroxylation is 1. The second kappa shape index (κ2) is 6.50. The van der Waals surface area contributed by atoms with E-state index in [1.165, 1.54) is 5.56 Å². The third kappa shape index (κ3) is 3.25. The van der Waals surface area contributed by atoms with Gasteiger partial charge in [-0.15, -0.1) is 0 Å². The fourth-order valence-corrected chi connectivity index (χ4v) is 3.45. The second-order valence-corrected chi connectivity index (χ2v) is 7.45. The van der Waals surface area contributed by atoms with Crippen LogP contribution in [0.3, 0.4) is 0 Å². The Morgan fingerprint density at radius 2 is 1.92 bits per heavy atom. The maximum absolute atomic E-state index is 12.9. The molecule has 6 nitrogen and oxygen atoms in total. The molecule has 0 saturated carbocycles. The molecule has 1 aliphatic carbocycles. The molecule has 0 aromatic heterocycles. The molecule has 1 aliphatic heterocycles. The first-order chi connectivity index (χ1) is 11.8. The first kappa shape index (κ1) is 17.5. The van der Waals surface area contributed by atoms with Crippen molar-refractivity contribution in [1.82, 2.24) is 15.5 Å². The Hall–Kier alpha value is -2.37. The van der Waals surface area contributed by atoms with Crippen molar-refractivity contribution in [2.45, 2.75) is 51.6 Å². The van der Waals surface area contributed by atoms with E-state index in [0.717, 1.165) is 16.9 Å². The van der Waals surface area contributed by atoms with Gasteiger partial charge in [-0.3, -0.25) is 14.5 Å². The molecule has 2 aliphatic rings. The molecular weight excluding hydrogens is 318 g/mol. The van der Waals surface area contributed by atoms with Crippen LogP contribution in [0.25, 0.3) is 0 Å². The average Bonchev–Trinajstić information content (AvgIpc) is 2.78. The van der Waals surface area contributed by atoms with E-state index in [0.29, 0.717) is 12.8 Å². The number of nitrogens with one attached hydrogen (secondary N) is 2. The summed E-state index contributed by atoms with van der Waals surface area (Å²) in [6, 6.07) is 7.49. The number of hydrogen-bond donors (Lipinski definition) is 2. The van der Waals surface area contributed by atoms with Crippen LogP contribution in [-0.2, 0) is 22.4 Å². The topological polar surface area (TPSA) is 78.5 Å². The van der Waals surface area contributed by atoms with Gasteiger partial charge in [0.15, 0.2) is 0 Å². The molecule has 1 aromatic rings. The highest BCUT2D eigenvalue weighted by atomic mass is 16.2. The molecule has 6 heteroatoms. The van der Waals surface area contributed by atoms with Gasteiger partial charge in [-0.1, -0.05) is 38.1 Å². The second-order valence-electron chi connectivity index (χ2n) is 7.45. The number of urea groups is 1. The van der Waals surface area contributed by atoms with Crippen molar-refractivity contribution >= 4 is 17.8 Å². The number of amides is 4. The summed E-state index contributed by atoms with van der Waals surface area (Å²) in [5, 5.41) is 5.69. The highest BCUT2D eigenvalue weighted by Crippen LogP contribution is 2.33. The fourth-order valence-electron chi connectivity index (χ4n) is 3.45. The van der Waals surface area contributed by atoms with Gasteiger partial charge in [0, 0.05) is 12.5 Å². The number of rotatable bonds is 4. The summed E-state index contributed by atoms with van der Waals surface area (Å²) in [7, 11) is 0. The smallest absolute Gasteiger partial charge is 0.325 e. The van der Waals surface area contributed by atoms with E-state index in [4.69, 9.17) is 0 Å². The van der Waals surface area contributed by atoms with Gasteiger partial charge >= 0.3 is 6.03 Å². The van der Waals surface area contributed by atoms with E-state index < -0.39 is 11.6 Å². The van der Waals surface area contributed by atoms with Gasteiger partial charge in [-0.2, -0.15) is 0 Å². The highest BCUT2D eigenvalue weighted by Gasteiger charge is 2.52. The maximum atomic E-state index is 12.9. The van der Waals surface area contributed by atoms with Crippen LogP contribution in [0.4, 0.5) is 4.79 Å². The number of fused-ring (bicyclic) bond motifs is 1. The standard InChI is InChI=1S/C19H25N3O3/c1-12(2)13(3)20-16(23)11-22-17(24)19(21-18(22)25)9-8-14-6-4-5-7-15(14)10-19/h4-7,12-13H,8-11H2,1-3H3,(H,20,23)(H,21,25)/t13-,19+/m1/s1. The summed E-state index contributed by atoms with van der Waals surface area (Å²) in [6.07, 6.45) is 1.79. The Kier molecular flexibility index (Phi) is 4.54. The quantitative estimate of drug-likeness (QED) is 0.816. The van der Waals surface area contributed by atoms with Crippen molar-refractivity contribution in [2.75, 3.05) is 6.54 Å². The average molecular weight is 343 g/mol. The largest absolute Gasteiger partial charge is 0.352 e. The van der Waals surface area contributed by atoms with Crippen LogP contribution < -0.4 is 10.6 Å². The first-order valence-electron chi connectivity index (χ1n) is 8.82. The number of hydrogen-bond acceptors (Lipinski definition) is 3. The number of benzene rings is 1. The lowest BCUT2D eigenvalue weighted by atomic mass is 9.78. The lowest BCUT2D eigenvalue weighted by Gasteiger charge is -2.32. The van der Waals surface area contributed by atoms with Crippen molar-refractivity contribution in [1.29, 1.82) is 0 Å². The molecular formula is C19H25N3O3. The number of carbonyl (C=O) groups is 3. The van der Waals surface area contributed by atoms with Crippen LogP contribution in [-0.4, -0.2) is 40.9 Å². The summed E-state index contributed by atoms with van der Waals surface area (Å²) in [4.78, 5) is 38.5.